The Morgan fingerprint density at radius 2 is 1.92 bits per heavy atom. The van der Waals surface area contributed by atoms with Crippen LogP contribution in [0.15, 0.2) is 42.7 Å². The Bertz CT molecular complexity index is 709. The standard InChI is InChI=1S/C20H26N4O/c1-16-5-3-7-19(17(16)2)24-11-9-23(10-12-24)15-20(25)22-14-18-6-4-8-21-13-18/h3-8,13H,9-12,14-15H2,1-2H3,(H,22,25). The van der Waals surface area contributed by atoms with Crippen LogP contribution in [0.5, 0.6) is 0 Å². The summed E-state index contributed by atoms with van der Waals surface area (Å²) < 4.78 is 0. The summed E-state index contributed by atoms with van der Waals surface area (Å²) in [4.78, 5) is 20.9. The smallest absolute Gasteiger partial charge is 0.234 e. The topological polar surface area (TPSA) is 48.5 Å². The molecule has 2 heterocycles. The number of carbonyl (C=O) groups excluding carboxylic acids is 1. The second kappa shape index (κ2) is 8.12. The molecule has 3 rings (SSSR count). The number of anilines is 1. The number of aryl methyl sites for hydroxylation is 1. The predicted molar refractivity (Wildman–Crippen MR) is 101 cm³/mol. The van der Waals surface area contributed by atoms with E-state index in [1.54, 1.807) is 12.4 Å². The van der Waals surface area contributed by atoms with Crippen LogP contribution in [0.3, 0.4) is 0 Å². The minimum absolute atomic E-state index is 0.0732. The maximum absolute atomic E-state index is 12.1. The molecule has 0 saturated carbocycles. The molecule has 25 heavy (non-hydrogen) atoms. The molecular formula is C20H26N4O. The van der Waals surface area contributed by atoms with Gasteiger partial charge >= 0.3 is 0 Å². The van der Waals surface area contributed by atoms with E-state index in [2.05, 4.69) is 52.1 Å². The molecule has 5 nitrogen and oxygen atoms in total. The molecule has 0 atom stereocenters. The normalized spacial score (nSPS) is 15.2. The highest BCUT2D eigenvalue weighted by molar-refractivity contribution is 5.78. The molecule has 0 aliphatic carbocycles. The number of benzene rings is 1. The predicted octanol–water partition coefficient (Wildman–Crippen LogP) is 2.14. The van der Waals surface area contributed by atoms with Crippen LogP contribution < -0.4 is 10.2 Å². The van der Waals surface area contributed by atoms with Crippen molar-refractivity contribution < 1.29 is 4.79 Å². The highest BCUT2D eigenvalue weighted by Crippen LogP contribution is 2.23. The molecule has 1 aromatic heterocycles. The molecule has 0 spiro atoms. The van der Waals surface area contributed by atoms with Gasteiger partial charge in [-0.15, -0.1) is 0 Å². The average molecular weight is 338 g/mol. The summed E-state index contributed by atoms with van der Waals surface area (Å²) in [6.45, 7) is 9.07. The molecule has 2 aromatic rings. The average Bonchev–Trinajstić information content (AvgIpc) is 2.64. The Morgan fingerprint density at radius 3 is 2.64 bits per heavy atom. The Balaban J connectivity index is 1.46. The molecule has 1 N–H and O–H groups in total. The fourth-order valence-electron chi connectivity index (χ4n) is 3.19. The number of amides is 1. The summed E-state index contributed by atoms with van der Waals surface area (Å²) in [5.74, 6) is 0.0732. The highest BCUT2D eigenvalue weighted by Gasteiger charge is 2.20. The zero-order valence-corrected chi connectivity index (χ0v) is 15.0. The van der Waals surface area contributed by atoms with Gasteiger partial charge in [-0.25, -0.2) is 0 Å². The van der Waals surface area contributed by atoms with Gasteiger partial charge in [0.2, 0.25) is 5.91 Å². The monoisotopic (exact) mass is 338 g/mol. The molecule has 132 valence electrons. The molecule has 0 unspecified atom stereocenters. The highest BCUT2D eigenvalue weighted by atomic mass is 16.2. The number of rotatable bonds is 5. The van der Waals surface area contributed by atoms with Crippen molar-refractivity contribution in [2.75, 3.05) is 37.6 Å². The first-order valence-corrected chi connectivity index (χ1v) is 8.82. The van der Waals surface area contributed by atoms with Gasteiger partial charge in [0.1, 0.15) is 0 Å². The maximum Gasteiger partial charge on any atom is 0.234 e. The van der Waals surface area contributed by atoms with E-state index in [0.29, 0.717) is 13.1 Å². The van der Waals surface area contributed by atoms with Crippen LogP contribution in [0.2, 0.25) is 0 Å². The number of nitrogens with one attached hydrogen (secondary N) is 1. The summed E-state index contributed by atoms with van der Waals surface area (Å²) in [5, 5.41) is 2.97. The summed E-state index contributed by atoms with van der Waals surface area (Å²) in [7, 11) is 0. The van der Waals surface area contributed by atoms with Crippen LogP contribution in [0.1, 0.15) is 16.7 Å². The lowest BCUT2D eigenvalue weighted by molar-refractivity contribution is -0.122. The van der Waals surface area contributed by atoms with Gasteiger partial charge in [0.05, 0.1) is 6.54 Å². The fourth-order valence-corrected chi connectivity index (χ4v) is 3.19. The van der Waals surface area contributed by atoms with Gasteiger partial charge in [0, 0.05) is 50.8 Å². The van der Waals surface area contributed by atoms with E-state index in [-0.39, 0.29) is 5.91 Å². The van der Waals surface area contributed by atoms with Crippen molar-refractivity contribution in [3.8, 4) is 0 Å². The van der Waals surface area contributed by atoms with Crippen LogP contribution in [-0.2, 0) is 11.3 Å². The molecule has 1 saturated heterocycles. The van der Waals surface area contributed by atoms with Gasteiger partial charge in [-0.05, 0) is 42.7 Å². The van der Waals surface area contributed by atoms with Crippen molar-refractivity contribution in [2.24, 2.45) is 0 Å². The SMILES string of the molecule is Cc1cccc(N2CCN(CC(=O)NCc3cccnc3)CC2)c1C. The molecule has 0 radical (unpaired) electrons. The number of hydrogen-bond acceptors (Lipinski definition) is 4. The second-order valence-corrected chi connectivity index (χ2v) is 6.62. The van der Waals surface area contributed by atoms with Gasteiger partial charge < -0.3 is 10.2 Å². The lowest BCUT2D eigenvalue weighted by Gasteiger charge is -2.36. The van der Waals surface area contributed by atoms with Crippen LogP contribution in [0.25, 0.3) is 0 Å². The van der Waals surface area contributed by atoms with Crippen molar-refractivity contribution in [1.82, 2.24) is 15.2 Å². The molecule has 1 aromatic carbocycles. The van der Waals surface area contributed by atoms with Gasteiger partial charge in [-0.2, -0.15) is 0 Å². The Morgan fingerprint density at radius 1 is 1.12 bits per heavy atom. The van der Waals surface area contributed by atoms with Crippen molar-refractivity contribution in [2.45, 2.75) is 20.4 Å². The van der Waals surface area contributed by atoms with Gasteiger partial charge in [-0.1, -0.05) is 18.2 Å². The summed E-state index contributed by atoms with van der Waals surface area (Å²) in [6, 6.07) is 10.3. The Hall–Kier alpha value is -2.40. The van der Waals surface area contributed by atoms with Crippen LogP contribution in [0.4, 0.5) is 5.69 Å². The number of aromatic nitrogens is 1. The second-order valence-electron chi connectivity index (χ2n) is 6.62. The minimum atomic E-state index is 0.0732. The largest absolute Gasteiger partial charge is 0.369 e. The van der Waals surface area contributed by atoms with Gasteiger partial charge in [0.15, 0.2) is 0 Å². The van der Waals surface area contributed by atoms with Crippen molar-refractivity contribution >= 4 is 11.6 Å². The molecule has 5 heteroatoms. The number of nitrogens with zero attached hydrogens (tertiary/aromatic N) is 3. The van der Waals surface area contributed by atoms with Crippen molar-refractivity contribution in [3.63, 3.8) is 0 Å². The maximum atomic E-state index is 12.1. The van der Waals surface area contributed by atoms with Gasteiger partial charge in [-0.3, -0.25) is 14.7 Å². The molecule has 1 aliphatic rings. The first-order chi connectivity index (χ1) is 12.1. The minimum Gasteiger partial charge on any atom is -0.369 e. The van der Waals surface area contributed by atoms with E-state index in [1.807, 2.05) is 12.1 Å². The van der Waals surface area contributed by atoms with E-state index < -0.39 is 0 Å². The molecule has 0 bridgehead atoms. The zero-order chi connectivity index (χ0) is 17.6. The first kappa shape index (κ1) is 17.4. The van der Waals surface area contributed by atoms with Crippen molar-refractivity contribution in [3.05, 3.63) is 59.4 Å². The van der Waals surface area contributed by atoms with E-state index in [9.17, 15) is 4.79 Å². The summed E-state index contributed by atoms with van der Waals surface area (Å²) in [6.07, 6.45) is 3.52. The summed E-state index contributed by atoms with van der Waals surface area (Å²) in [5.41, 5.74) is 5.02. The molecule has 1 fully saturated rings. The Kier molecular flexibility index (Phi) is 5.66. The van der Waals surface area contributed by atoms with Gasteiger partial charge in [0.25, 0.3) is 0 Å². The van der Waals surface area contributed by atoms with Crippen molar-refractivity contribution in [1.29, 1.82) is 0 Å². The molecular weight excluding hydrogens is 312 g/mol. The third-order valence-electron chi connectivity index (χ3n) is 4.87. The third kappa shape index (κ3) is 4.57. The zero-order valence-electron chi connectivity index (χ0n) is 15.0. The van der Waals surface area contributed by atoms with E-state index >= 15 is 0 Å². The number of piperazine rings is 1. The van der Waals surface area contributed by atoms with Crippen LogP contribution >= 0.6 is 0 Å². The van der Waals surface area contributed by atoms with E-state index in [0.717, 1.165) is 31.7 Å². The molecule has 1 amide bonds. The number of hydrogen-bond donors (Lipinski definition) is 1. The van der Waals surface area contributed by atoms with Crippen LogP contribution in [0, 0.1) is 13.8 Å². The lowest BCUT2D eigenvalue weighted by Crippen LogP contribution is -2.49. The fraction of sp³-hybridized carbons (Fsp3) is 0.400. The van der Waals surface area contributed by atoms with E-state index in [1.165, 1.54) is 16.8 Å². The third-order valence-corrected chi connectivity index (χ3v) is 4.87. The quantitative estimate of drug-likeness (QED) is 0.907. The summed E-state index contributed by atoms with van der Waals surface area (Å²) >= 11 is 0. The van der Waals surface area contributed by atoms with Crippen LogP contribution in [-0.4, -0.2) is 48.5 Å². The Labute approximate surface area is 149 Å². The number of pyridine rings is 1. The van der Waals surface area contributed by atoms with E-state index in [4.69, 9.17) is 0 Å². The lowest BCUT2D eigenvalue weighted by atomic mass is 10.1. The number of carbonyl (C=O) groups is 1. The first-order valence-electron chi connectivity index (χ1n) is 8.82. The molecule has 1 aliphatic heterocycles.